The van der Waals surface area contributed by atoms with Gasteiger partial charge in [-0.15, -0.1) is 0 Å². The molecule has 2 aromatic carbocycles. The molecule has 2 N–H and O–H groups in total. The van der Waals surface area contributed by atoms with Gasteiger partial charge in [0.25, 0.3) is 0 Å². The Balaban J connectivity index is 0.000000810. The van der Waals surface area contributed by atoms with Crippen LogP contribution in [0.1, 0.15) is 16.7 Å². The third-order valence-electron chi connectivity index (χ3n) is 3.07. The van der Waals surface area contributed by atoms with Crippen LogP contribution in [0.5, 0.6) is 0 Å². The molecular weight excluding hydrogens is 223 g/mol. The van der Waals surface area contributed by atoms with Crippen LogP contribution in [0.4, 0.5) is 0 Å². The molecule has 3 heteroatoms. The molecule has 0 aromatic heterocycles. The van der Waals surface area contributed by atoms with Gasteiger partial charge in [-0.3, -0.25) is 0 Å². The van der Waals surface area contributed by atoms with Crippen LogP contribution in [-0.4, -0.2) is 18.8 Å². The topological polar surface area (TPSA) is 60.0 Å². The van der Waals surface area contributed by atoms with E-state index in [1.165, 1.54) is 22.3 Å². The van der Waals surface area contributed by atoms with Crippen molar-refractivity contribution in [3.05, 3.63) is 65.2 Å². The second kappa shape index (κ2) is 5.67. The molecule has 0 atom stereocenters. The summed E-state index contributed by atoms with van der Waals surface area (Å²) in [6.45, 7) is 0. The van der Waals surface area contributed by atoms with Crippen LogP contribution in [0.25, 0.3) is 11.6 Å². The van der Waals surface area contributed by atoms with E-state index in [0.29, 0.717) is 0 Å². The van der Waals surface area contributed by atoms with Crippen molar-refractivity contribution in [2.24, 2.45) is 0 Å². The van der Waals surface area contributed by atoms with E-state index >= 15 is 0 Å². The third-order valence-corrected chi connectivity index (χ3v) is 3.07. The van der Waals surface area contributed by atoms with Crippen molar-refractivity contribution < 1.29 is 11.0 Å². The average molecular weight is 236 g/mol. The van der Waals surface area contributed by atoms with Crippen molar-refractivity contribution >= 4 is 25.0 Å². The van der Waals surface area contributed by atoms with Crippen LogP contribution < -0.4 is 5.46 Å². The van der Waals surface area contributed by atoms with Crippen LogP contribution in [-0.2, 0) is 6.42 Å². The Morgan fingerprint density at radius 3 is 2.22 bits per heavy atom. The van der Waals surface area contributed by atoms with Gasteiger partial charge in [0.05, 0.1) is 0 Å². The van der Waals surface area contributed by atoms with Gasteiger partial charge in [0.2, 0.25) is 0 Å². The van der Waals surface area contributed by atoms with Crippen LogP contribution in [0, 0.1) is 0 Å². The largest absolute Gasteiger partial charge is 0.870 e. The van der Waals surface area contributed by atoms with E-state index in [0.717, 1.165) is 11.9 Å². The molecule has 18 heavy (non-hydrogen) atoms. The molecule has 0 spiro atoms. The van der Waals surface area contributed by atoms with E-state index in [9.17, 15) is 0 Å². The fourth-order valence-corrected chi connectivity index (χ4v) is 2.24. The van der Waals surface area contributed by atoms with E-state index in [1.807, 2.05) is 18.2 Å². The molecule has 0 unspecified atom stereocenters. The SMILES string of the molecule is [B+2]c1ccccc1C1=Cc2ccccc2C1.[OH-].[OH-]. The standard InChI is InChI=1S/C15H11B.2H2O/c16-15-8-4-3-7-14(15)13-9-11-5-1-2-6-12(11)10-13;;/h1-9H,10H2;2*1H2/q+2;;/p-2. The molecule has 1 aliphatic rings. The Bertz CT molecular complexity index is 576. The molecule has 2 nitrogen and oxygen atoms in total. The zero-order valence-electron chi connectivity index (χ0n) is 9.88. The van der Waals surface area contributed by atoms with Gasteiger partial charge in [0, 0.05) is 0 Å². The quantitative estimate of drug-likeness (QED) is 0.712. The zero-order chi connectivity index (χ0) is 11.0. The summed E-state index contributed by atoms with van der Waals surface area (Å²) >= 11 is 0. The maximum atomic E-state index is 5.99. The van der Waals surface area contributed by atoms with Crippen molar-refractivity contribution in [3.8, 4) is 0 Å². The van der Waals surface area contributed by atoms with Crippen molar-refractivity contribution in [2.45, 2.75) is 6.42 Å². The molecule has 3 rings (SSSR count). The van der Waals surface area contributed by atoms with Crippen LogP contribution in [0.15, 0.2) is 48.5 Å². The number of benzene rings is 2. The Hall–Kier alpha value is -1.84. The summed E-state index contributed by atoms with van der Waals surface area (Å²) in [6.07, 6.45) is 3.23. The average Bonchev–Trinajstić information content (AvgIpc) is 2.73. The van der Waals surface area contributed by atoms with E-state index in [2.05, 4.69) is 36.4 Å². The van der Waals surface area contributed by atoms with Gasteiger partial charge in [0.15, 0.2) is 0 Å². The second-order valence-electron chi connectivity index (χ2n) is 4.13. The fourth-order valence-electron chi connectivity index (χ4n) is 2.24. The zero-order valence-corrected chi connectivity index (χ0v) is 9.88. The van der Waals surface area contributed by atoms with Crippen molar-refractivity contribution in [1.29, 1.82) is 0 Å². The summed E-state index contributed by atoms with van der Waals surface area (Å²) in [4.78, 5) is 0. The Morgan fingerprint density at radius 1 is 0.833 bits per heavy atom. The van der Waals surface area contributed by atoms with Crippen LogP contribution in [0.2, 0.25) is 0 Å². The van der Waals surface area contributed by atoms with E-state index < -0.39 is 0 Å². The normalized spacial score (nSPS) is 12.0. The maximum Gasteiger partial charge on any atom is -0.870 e. The molecule has 0 saturated heterocycles. The van der Waals surface area contributed by atoms with Gasteiger partial charge in [-0.1, -0.05) is 0 Å². The summed E-state index contributed by atoms with van der Waals surface area (Å²) in [6, 6.07) is 16.6. The molecule has 2 aromatic rings. The first kappa shape index (κ1) is 14.2. The monoisotopic (exact) mass is 236 g/mol. The van der Waals surface area contributed by atoms with Gasteiger partial charge >= 0.3 is 96.6 Å². The van der Waals surface area contributed by atoms with Crippen molar-refractivity contribution in [1.82, 2.24) is 0 Å². The molecule has 0 fully saturated rings. The number of rotatable bonds is 1. The van der Waals surface area contributed by atoms with Gasteiger partial charge < -0.3 is 11.0 Å². The Kier molecular flexibility index (Phi) is 4.48. The van der Waals surface area contributed by atoms with E-state index in [-0.39, 0.29) is 11.0 Å². The second-order valence-corrected chi connectivity index (χ2v) is 4.13. The molecule has 0 saturated carbocycles. The minimum Gasteiger partial charge on any atom is -0.870 e. The van der Waals surface area contributed by atoms with Gasteiger partial charge in [-0.05, 0) is 0 Å². The third kappa shape index (κ3) is 2.37. The van der Waals surface area contributed by atoms with Crippen LogP contribution in [0.3, 0.4) is 0 Å². The summed E-state index contributed by atoms with van der Waals surface area (Å²) in [5.41, 5.74) is 6.06. The van der Waals surface area contributed by atoms with Crippen molar-refractivity contribution in [3.63, 3.8) is 0 Å². The molecular formula is C15H13BO2. The van der Waals surface area contributed by atoms with Crippen LogP contribution >= 0.6 is 0 Å². The van der Waals surface area contributed by atoms with Crippen molar-refractivity contribution in [2.75, 3.05) is 0 Å². The van der Waals surface area contributed by atoms with Gasteiger partial charge in [-0.2, -0.15) is 0 Å². The van der Waals surface area contributed by atoms with Gasteiger partial charge in [-0.25, -0.2) is 0 Å². The first-order valence-corrected chi connectivity index (χ1v) is 5.48. The molecule has 0 aliphatic heterocycles. The minimum atomic E-state index is 0. The van der Waals surface area contributed by atoms with E-state index in [4.69, 9.17) is 7.85 Å². The summed E-state index contributed by atoms with van der Waals surface area (Å²) in [7, 11) is 5.99. The Labute approximate surface area is 108 Å². The maximum absolute atomic E-state index is 5.99. The molecule has 0 radical (unpaired) electrons. The van der Waals surface area contributed by atoms with Gasteiger partial charge in [0.1, 0.15) is 0 Å². The number of allylic oxidation sites excluding steroid dienone is 1. The first-order chi connectivity index (χ1) is 7.84. The summed E-state index contributed by atoms with van der Waals surface area (Å²) in [5, 5.41) is 0. The molecule has 1 aliphatic carbocycles. The smallest absolute Gasteiger partial charge is 0.870 e. The molecule has 0 heterocycles. The van der Waals surface area contributed by atoms with E-state index in [1.54, 1.807) is 0 Å². The number of hydrogen-bond donors (Lipinski definition) is 0. The number of fused-ring (bicyclic) bond motifs is 1. The minimum absolute atomic E-state index is 0. The molecule has 88 valence electrons. The summed E-state index contributed by atoms with van der Waals surface area (Å²) < 4.78 is 0. The first-order valence-electron chi connectivity index (χ1n) is 5.48. The predicted molar refractivity (Wildman–Crippen MR) is 73.7 cm³/mol. The number of hydrogen-bond acceptors (Lipinski definition) is 2. The molecule has 0 bridgehead atoms. The molecule has 0 amide bonds. The predicted octanol–water partition coefficient (Wildman–Crippen LogP) is 2.22. The Morgan fingerprint density at radius 2 is 1.50 bits per heavy atom. The summed E-state index contributed by atoms with van der Waals surface area (Å²) in [5.74, 6) is 0. The fraction of sp³-hybridized carbons (Fsp3) is 0.0667.